The van der Waals surface area contributed by atoms with Crippen molar-refractivity contribution in [2.75, 3.05) is 0 Å². The molecule has 0 aromatic heterocycles. The van der Waals surface area contributed by atoms with Crippen molar-refractivity contribution in [2.24, 2.45) is 0 Å². The first-order valence-corrected chi connectivity index (χ1v) is 6.69. The number of benzene rings is 1. The average Bonchev–Trinajstić information content (AvgIpc) is 2.34. The highest BCUT2D eigenvalue weighted by Gasteiger charge is 2.40. The Morgan fingerprint density at radius 1 is 1.13 bits per heavy atom. The summed E-state index contributed by atoms with van der Waals surface area (Å²) in [6.07, 6.45) is -4.61. The fourth-order valence-electron chi connectivity index (χ4n) is 1.54. The zero-order chi connectivity index (χ0) is 18.1. The van der Waals surface area contributed by atoms with Gasteiger partial charge < -0.3 is 19.5 Å². The molecule has 0 atom stereocenters. The first-order valence-electron chi connectivity index (χ1n) is 6.69. The van der Waals surface area contributed by atoms with Gasteiger partial charge in [-0.3, -0.25) is 4.79 Å². The second kappa shape index (κ2) is 6.50. The van der Waals surface area contributed by atoms with E-state index in [-0.39, 0.29) is 11.0 Å². The van der Waals surface area contributed by atoms with Crippen LogP contribution in [0.15, 0.2) is 18.2 Å². The fourth-order valence-corrected chi connectivity index (χ4v) is 1.54. The molecule has 0 unspecified atom stereocenters. The van der Waals surface area contributed by atoms with Crippen LogP contribution in [0, 0.1) is 0 Å². The largest absolute Gasteiger partial charge is 0.573 e. The highest BCUT2D eigenvalue weighted by Crippen LogP contribution is 2.26. The molecular formula is C14H18BF3O5. The van der Waals surface area contributed by atoms with Crippen molar-refractivity contribution in [1.29, 1.82) is 0 Å². The van der Waals surface area contributed by atoms with Gasteiger partial charge in [0.25, 0.3) is 0 Å². The van der Waals surface area contributed by atoms with Gasteiger partial charge in [-0.05, 0) is 45.3 Å². The fraction of sp³-hybridized carbons (Fsp3) is 0.500. The molecule has 1 aromatic rings. The number of aldehydes is 1. The van der Waals surface area contributed by atoms with Crippen molar-refractivity contribution >= 4 is 18.9 Å². The maximum Gasteiger partial charge on any atom is 0.573 e. The van der Waals surface area contributed by atoms with Crippen LogP contribution >= 0.6 is 0 Å². The van der Waals surface area contributed by atoms with Crippen molar-refractivity contribution in [3.63, 3.8) is 0 Å². The number of aliphatic hydroxyl groups is 1. The van der Waals surface area contributed by atoms with Gasteiger partial charge in [0.05, 0.1) is 11.2 Å². The zero-order valence-electron chi connectivity index (χ0n) is 13.1. The number of carbonyl (C=O) groups is 1. The molecule has 0 heterocycles. The van der Waals surface area contributed by atoms with Crippen LogP contribution in [0.5, 0.6) is 5.75 Å². The Labute approximate surface area is 132 Å². The first-order chi connectivity index (χ1) is 10.2. The van der Waals surface area contributed by atoms with Crippen molar-refractivity contribution in [1.82, 2.24) is 0 Å². The van der Waals surface area contributed by atoms with Gasteiger partial charge in [0, 0.05) is 5.56 Å². The molecule has 1 aromatic carbocycles. The lowest BCUT2D eigenvalue weighted by Gasteiger charge is -2.38. The van der Waals surface area contributed by atoms with Crippen LogP contribution < -0.4 is 10.2 Å². The lowest BCUT2D eigenvalue weighted by atomic mass is 9.76. The summed E-state index contributed by atoms with van der Waals surface area (Å²) in [6, 6.07) is 2.96. The molecule has 1 rings (SSSR count). The van der Waals surface area contributed by atoms with Crippen LogP contribution in [-0.2, 0) is 4.65 Å². The summed E-state index contributed by atoms with van der Waals surface area (Å²) in [5.74, 6) is -0.652. The number of alkyl halides is 3. The number of carbonyl (C=O) groups excluding carboxylic acids is 1. The van der Waals surface area contributed by atoms with Gasteiger partial charge in [-0.2, -0.15) is 0 Å². The predicted octanol–water partition coefficient (Wildman–Crippen LogP) is 1.65. The molecule has 0 bridgehead atoms. The van der Waals surface area contributed by atoms with Crippen molar-refractivity contribution in [3.8, 4) is 5.75 Å². The van der Waals surface area contributed by atoms with Gasteiger partial charge in [0.15, 0.2) is 0 Å². The molecule has 0 saturated heterocycles. The lowest BCUT2D eigenvalue weighted by molar-refractivity contribution is -0.274. The number of rotatable bonds is 6. The first kappa shape index (κ1) is 19.5. The van der Waals surface area contributed by atoms with Crippen LogP contribution in [0.1, 0.15) is 38.1 Å². The quantitative estimate of drug-likeness (QED) is 0.611. The number of hydrogen-bond acceptors (Lipinski definition) is 5. The Balaban J connectivity index is 3.11. The summed E-state index contributed by atoms with van der Waals surface area (Å²) in [5.41, 5.74) is -2.77. The summed E-state index contributed by atoms with van der Waals surface area (Å²) >= 11 is 0. The lowest BCUT2D eigenvalue weighted by Crippen LogP contribution is -2.53. The molecule has 2 N–H and O–H groups in total. The molecule has 23 heavy (non-hydrogen) atoms. The molecule has 0 saturated carbocycles. The van der Waals surface area contributed by atoms with E-state index in [2.05, 4.69) is 4.74 Å². The number of halogens is 3. The predicted molar refractivity (Wildman–Crippen MR) is 77.6 cm³/mol. The van der Waals surface area contributed by atoms with E-state index in [9.17, 15) is 28.1 Å². The molecule has 0 aliphatic carbocycles. The maximum absolute atomic E-state index is 12.3. The van der Waals surface area contributed by atoms with Crippen LogP contribution in [0.2, 0.25) is 0 Å². The van der Waals surface area contributed by atoms with Gasteiger partial charge in [0.2, 0.25) is 0 Å². The summed E-state index contributed by atoms with van der Waals surface area (Å²) in [5, 5.41) is 20.1. The summed E-state index contributed by atoms with van der Waals surface area (Å²) in [6.45, 7) is 5.93. The monoisotopic (exact) mass is 334 g/mol. The molecule has 0 amide bonds. The van der Waals surface area contributed by atoms with E-state index >= 15 is 0 Å². The molecule has 5 nitrogen and oxygen atoms in total. The summed E-state index contributed by atoms with van der Waals surface area (Å²) in [7, 11) is -1.66. The van der Waals surface area contributed by atoms with Crippen LogP contribution in [-0.4, -0.2) is 41.1 Å². The van der Waals surface area contributed by atoms with E-state index in [4.69, 9.17) is 4.65 Å². The molecular weight excluding hydrogens is 316 g/mol. The number of ether oxygens (including phenoxy) is 1. The van der Waals surface area contributed by atoms with E-state index in [1.807, 2.05) is 0 Å². The van der Waals surface area contributed by atoms with Gasteiger partial charge in [-0.25, -0.2) is 0 Å². The third-order valence-electron chi connectivity index (χ3n) is 3.49. The van der Waals surface area contributed by atoms with Gasteiger partial charge in [-0.15, -0.1) is 13.2 Å². The smallest absolute Gasteiger partial charge is 0.423 e. The van der Waals surface area contributed by atoms with Crippen molar-refractivity contribution < 1.29 is 37.5 Å². The van der Waals surface area contributed by atoms with E-state index in [1.54, 1.807) is 0 Å². The van der Waals surface area contributed by atoms with Gasteiger partial charge >= 0.3 is 13.5 Å². The molecule has 0 spiro atoms. The van der Waals surface area contributed by atoms with Crippen LogP contribution in [0.25, 0.3) is 0 Å². The van der Waals surface area contributed by atoms with Gasteiger partial charge in [0.1, 0.15) is 12.0 Å². The normalized spacial score (nSPS) is 12.9. The SMILES string of the molecule is CC(C)(O)C(C)(C)OB(O)c1cc(C=O)cc(OC(F)(F)F)c1. The van der Waals surface area contributed by atoms with Crippen molar-refractivity contribution in [2.45, 2.75) is 45.3 Å². The van der Waals surface area contributed by atoms with E-state index in [0.29, 0.717) is 6.29 Å². The maximum atomic E-state index is 12.3. The minimum atomic E-state index is -4.93. The average molecular weight is 334 g/mol. The molecule has 0 radical (unpaired) electrons. The minimum absolute atomic E-state index is 0.105. The highest BCUT2D eigenvalue weighted by atomic mass is 19.4. The Bertz CT molecular complexity index is 567. The Hall–Kier alpha value is -1.58. The van der Waals surface area contributed by atoms with E-state index < -0.39 is 30.4 Å². The molecule has 0 aliphatic rings. The Morgan fingerprint density at radius 2 is 1.70 bits per heavy atom. The summed E-state index contributed by atoms with van der Waals surface area (Å²) < 4.78 is 46.0. The minimum Gasteiger partial charge on any atom is -0.423 e. The zero-order valence-corrected chi connectivity index (χ0v) is 13.1. The second-order valence-corrected chi connectivity index (χ2v) is 6.04. The van der Waals surface area contributed by atoms with Gasteiger partial charge in [-0.1, -0.05) is 6.07 Å². The standard InChI is InChI=1S/C14H18BF3O5/c1-12(2,20)13(3,4)23-15(21)10-5-9(8-19)6-11(7-10)22-14(16,17)18/h5-8,20-21H,1-4H3. The molecule has 0 fully saturated rings. The van der Waals surface area contributed by atoms with Crippen LogP contribution in [0.3, 0.4) is 0 Å². The Morgan fingerprint density at radius 3 is 2.13 bits per heavy atom. The summed E-state index contributed by atoms with van der Waals surface area (Å²) in [4.78, 5) is 10.8. The number of hydrogen-bond donors (Lipinski definition) is 2. The highest BCUT2D eigenvalue weighted by molar-refractivity contribution is 6.60. The molecule has 0 aliphatic heterocycles. The van der Waals surface area contributed by atoms with E-state index in [0.717, 1.165) is 12.1 Å². The van der Waals surface area contributed by atoms with E-state index in [1.165, 1.54) is 33.8 Å². The third-order valence-corrected chi connectivity index (χ3v) is 3.49. The van der Waals surface area contributed by atoms with Crippen LogP contribution in [0.4, 0.5) is 13.2 Å². The topological polar surface area (TPSA) is 76.0 Å². The third kappa shape index (κ3) is 5.53. The second-order valence-electron chi connectivity index (χ2n) is 6.04. The Kier molecular flexibility index (Phi) is 5.51. The van der Waals surface area contributed by atoms with Crippen molar-refractivity contribution in [3.05, 3.63) is 23.8 Å². The molecule has 128 valence electrons. The molecule has 9 heteroatoms.